The molecule has 0 spiro atoms. The van der Waals surface area contributed by atoms with E-state index in [1.165, 1.54) is 6.07 Å². The van der Waals surface area contributed by atoms with Crippen molar-refractivity contribution in [2.75, 3.05) is 0 Å². The van der Waals surface area contributed by atoms with Gasteiger partial charge in [-0.15, -0.1) is 0 Å². The van der Waals surface area contributed by atoms with Crippen LogP contribution in [0.1, 0.15) is 12.0 Å². The number of hydrogen-bond donors (Lipinski definition) is 0. The molecule has 0 aliphatic heterocycles. The van der Waals surface area contributed by atoms with Crippen molar-refractivity contribution in [3.05, 3.63) is 28.8 Å². The molecule has 4 heteroatoms. The number of rotatable bonds is 1. The van der Waals surface area contributed by atoms with Gasteiger partial charge < -0.3 is 4.79 Å². The molecule has 0 aliphatic carbocycles. The quantitative estimate of drug-likeness (QED) is 0.391. The third kappa shape index (κ3) is 2.85. The SMILES string of the molecule is O=CCC#Cc1cc(F)cnc1Cl. The van der Waals surface area contributed by atoms with Crippen molar-refractivity contribution < 1.29 is 9.18 Å². The fraction of sp³-hybridized carbons (Fsp3) is 0.111. The van der Waals surface area contributed by atoms with Crippen LogP contribution in [0.3, 0.4) is 0 Å². The lowest BCUT2D eigenvalue weighted by molar-refractivity contribution is -0.107. The van der Waals surface area contributed by atoms with Gasteiger partial charge in [-0.3, -0.25) is 0 Å². The summed E-state index contributed by atoms with van der Waals surface area (Å²) in [6.45, 7) is 0. The highest BCUT2D eigenvalue weighted by molar-refractivity contribution is 6.30. The lowest BCUT2D eigenvalue weighted by Gasteiger charge is -1.93. The standard InChI is InChI=1S/C9H5ClFNO/c10-9-7(3-1-2-4-13)5-8(11)6-12-9/h4-6H,2H2. The maximum atomic E-state index is 12.6. The monoisotopic (exact) mass is 197 g/mol. The van der Waals surface area contributed by atoms with Gasteiger partial charge in [-0.05, 0) is 6.07 Å². The zero-order chi connectivity index (χ0) is 9.68. The summed E-state index contributed by atoms with van der Waals surface area (Å²) in [5.74, 6) is 4.55. The van der Waals surface area contributed by atoms with Gasteiger partial charge in [0.25, 0.3) is 0 Å². The molecular weight excluding hydrogens is 193 g/mol. The van der Waals surface area contributed by atoms with E-state index in [4.69, 9.17) is 11.6 Å². The summed E-state index contributed by atoms with van der Waals surface area (Å²) < 4.78 is 12.6. The number of hydrogen-bond acceptors (Lipinski definition) is 2. The summed E-state index contributed by atoms with van der Waals surface area (Å²) in [7, 11) is 0. The van der Waals surface area contributed by atoms with Crippen LogP contribution in [-0.2, 0) is 4.79 Å². The van der Waals surface area contributed by atoms with Crippen molar-refractivity contribution in [3.63, 3.8) is 0 Å². The van der Waals surface area contributed by atoms with Crippen molar-refractivity contribution in [3.8, 4) is 11.8 Å². The van der Waals surface area contributed by atoms with Crippen LogP contribution in [0.15, 0.2) is 12.3 Å². The van der Waals surface area contributed by atoms with E-state index in [1.807, 2.05) is 0 Å². The minimum absolute atomic E-state index is 0.104. The molecule has 1 aromatic rings. The molecule has 0 N–H and O–H groups in total. The fourth-order valence-corrected chi connectivity index (χ4v) is 0.849. The second-order valence-electron chi connectivity index (χ2n) is 2.16. The minimum Gasteiger partial charge on any atom is -0.302 e. The predicted molar refractivity (Wildman–Crippen MR) is 46.8 cm³/mol. The van der Waals surface area contributed by atoms with E-state index >= 15 is 0 Å². The molecule has 0 saturated carbocycles. The Morgan fingerprint density at radius 1 is 1.69 bits per heavy atom. The summed E-state index contributed by atoms with van der Waals surface area (Å²) >= 11 is 5.61. The zero-order valence-corrected chi connectivity index (χ0v) is 7.31. The van der Waals surface area contributed by atoms with Gasteiger partial charge in [-0.1, -0.05) is 23.4 Å². The van der Waals surface area contributed by atoms with Gasteiger partial charge >= 0.3 is 0 Å². The Kier molecular flexibility index (Phi) is 3.41. The average Bonchev–Trinajstić information content (AvgIpc) is 2.11. The van der Waals surface area contributed by atoms with E-state index in [-0.39, 0.29) is 11.6 Å². The van der Waals surface area contributed by atoms with Crippen LogP contribution >= 0.6 is 11.6 Å². The molecular formula is C9H5ClFNO. The van der Waals surface area contributed by atoms with Gasteiger partial charge in [0, 0.05) is 0 Å². The van der Waals surface area contributed by atoms with Gasteiger partial charge in [0.05, 0.1) is 18.2 Å². The Balaban J connectivity index is 2.95. The van der Waals surface area contributed by atoms with Crippen LogP contribution < -0.4 is 0 Å². The zero-order valence-electron chi connectivity index (χ0n) is 6.55. The second kappa shape index (κ2) is 4.58. The van der Waals surface area contributed by atoms with E-state index in [9.17, 15) is 9.18 Å². The molecule has 1 heterocycles. The number of aldehydes is 1. The maximum Gasteiger partial charge on any atom is 0.144 e. The molecule has 13 heavy (non-hydrogen) atoms. The minimum atomic E-state index is -0.500. The number of halogens is 2. The van der Waals surface area contributed by atoms with Gasteiger partial charge in [0.15, 0.2) is 0 Å². The summed E-state index contributed by atoms with van der Waals surface area (Å²) in [4.78, 5) is 13.5. The maximum absolute atomic E-state index is 12.6. The van der Waals surface area contributed by atoms with E-state index in [2.05, 4.69) is 16.8 Å². The molecule has 1 aromatic heterocycles. The number of pyridine rings is 1. The molecule has 0 aromatic carbocycles. The van der Waals surface area contributed by atoms with Crippen LogP contribution in [0, 0.1) is 17.7 Å². The highest BCUT2D eigenvalue weighted by Gasteiger charge is 1.99. The van der Waals surface area contributed by atoms with Crippen LogP contribution in [0.5, 0.6) is 0 Å². The average molecular weight is 198 g/mol. The summed E-state index contributed by atoms with van der Waals surface area (Å²) in [6.07, 6.45) is 1.77. The third-order valence-corrected chi connectivity index (χ3v) is 1.52. The Hall–Kier alpha value is -1.40. The normalized spacial score (nSPS) is 8.77. The first-order chi connectivity index (χ1) is 6.24. The highest BCUT2D eigenvalue weighted by Crippen LogP contribution is 2.11. The van der Waals surface area contributed by atoms with E-state index in [1.54, 1.807) is 0 Å². The third-order valence-electron chi connectivity index (χ3n) is 1.21. The summed E-state index contributed by atoms with van der Waals surface area (Å²) in [5.41, 5.74) is 0.295. The second-order valence-corrected chi connectivity index (χ2v) is 2.52. The highest BCUT2D eigenvalue weighted by atomic mass is 35.5. The number of carbonyl (C=O) groups is 1. The fourth-order valence-electron chi connectivity index (χ4n) is 0.698. The first-order valence-electron chi connectivity index (χ1n) is 3.47. The largest absolute Gasteiger partial charge is 0.302 e. The summed E-state index contributed by atoms with van der Waals surface area (Å²) in [6, 6.07) is 1.17. The molecule has 1 rings (SSSR count). The van der Waals surface area contributed by atoms with E-state index in [0.29, 0.717) is 11.8 Å². The van der Waals surface area contributed by atoms with Crippen molar-refractivity contribution >= 4 is 17.9 Å². The van der Waals surface area contributed by atoms with Gasteiger partial charge in [-0.25, -0.2) is 9.37 Å². The van der Waals surface area contributed by atoms with E-state index < -0.39 is 5.82 Å². The first kappa shape index (κ1) is 9.69. The van der Waals surface area contributed by atoms with Crippen LogP contribution in [0.25, 0.3) is 0 Å². The van der Waals surface area contributed by atoms with Crippen molar-refractivity contribution in [1.82, 2.24) is 4.98 Å². The molecule has 0 radical (unpaired) electrons. The number of carbonyl (C=O) groups excluding carboxylic acids is 1. The molecule has 0 atom stereocenters. The predicted octanol–water partition coefficient (Wildman–Crippen LogP) is 1.81. The smallest absolute Gasteiger partial charge is 0.144 e. The van der Waals surface area contributed by atoms with Crippen LogP contribution in [0.2, 0.25) is 5.15 Å². The molecule has 0 amide bonds. The van der Waals surface area contributed by atoms with Gasteiger partial charge in [0.1, 0.15) is 17.3 Å². The number of aromatic nitrogens is 1. The van der Waals surface area contributed by atoms with Crippen LogP contribution in [0.4, 0.5) is 4.39 Å². The molecule has 2 nitrogen and oxygen atoms in total. The first-order valence-corrected chi connectivity index (χ1v) is 3.85. The molecule has 0 aliphatic rings. The Bertz CT molecular complexity index is 381. The Morgan fingerprint density at radius 3 is 3.15 bits per heavy atom. The van der Waals surface area contributed by atoms with Crippen molar-refractivity contribution in [2.24, 2.45) is 0 Å². The Labute approximate surface area is 79.7 Å². The van der Waals surface area contributed by atoms with Gasteiger partial charge in [-0.2, -0.15) is 0 Å². The summed E-state index contributed by atoms with van der Waals surface area (Å²) in [5, 5.41) is 0.139. The molecule has 66 valence electrons. The molecule has 0 bridgehead atoms. The number of nitrogens with zero attached hydrogens (tertiary/aromatic N) is 1. The lowest BCUT2D eigenvalue weighted by Crippen LogP contribution is -1.85. The van der Waals surface area contributed by atoms with Gasteiger partial charge in [0.2, 0.25) is 0 Å². The topological polar surface area (TPSA) is 30.0 Å². The Morgan fingerprint density at radius 2 is 2.46 bits per heavy atom. The molecule has 0 saturated heterocycles. The van der Waals surface area contributed by atoms with E-state index in [0.717, 1.165) is 6.20 Å². The lowest BCUT2D eigenvalue weighted by atomic mass is 10.3. The van der Waals surface area contributed by atoms with Crippen molar-refractivity contribution in [1.29, 1.82) is 0 Å². The van der Waals surface area contributed by atoms with Crippen LogP contribution in [-0.4, -0.2) is 11.3 Å². The molecule has 0 fully saturated rings. The van der Waals surface area contributed by atoms with Crippen molar-refractivity contribution in [2.45, 2.75) is 6.42 Å². The molecule has 0 unspecified atom stereocenters.